The van der Waals surface area contributed by atoms with E-state index in [0.717, 1.165) is 10.2 Å². The van der Waals surface area contributed by atoms with Crippen LogP contribution >= 0.6 is 11.3 Å². The molecule has 3 rings (SSSR count). The Bertz CT molecular complexity index is 615. The summed E-state index contributed by atoms with van der Waals surface area (Å²) >= 11 is 1.39. The van der Waals surface area contributed by atoms with Crippen molar-refractivity contribution in [1.82, 2.24) is 10.3 Å². The number of aromatic nitrogens is 1. The van der Waals surface area contributed by atoms with E-state index in [9.17, 15) is 4.79 Å². The lowest BCUT2D eigenvalue weighted by molar-refractivity contribution is 0.172. The fraction of sp³-hybridized carbons (Fsp3) is 0.385. The number of hydrogen-bond acceptors (Lipinski definition) is 6. The van der Waals surface area contributed by atoms with Gasteiger partial charge in [-0.15, -0.1) is 0 Å². The van der Waals surface area contributed by atoms with Crippen LogP contribution in [-0.4, -0.2) is 44.5 Å². The molecule has 1 aliphatic heterocycles. The van der Waals surface area contributed by atoms with E-state index in [1.54, 1.807) is 7.11 Å². The summed E-state index contributed by atoms with van der Waals surface area (Å²) in [5.41, 5.74) is 0.774. The van der Waals surface area contributed by atoms with Gasteiger partial charge in [0.05, 0.1) is 16.8 Å². The van der Waals surface area contributed by atoms with E-state index in [1.165, 1.54) is 11.3 Å². The number of rotatable bonds is 4. The molecular formula is C13H15N3O4S. The maximum absolute atomic E-state index is 11.7. The summed E-state index contributed by atoms with van der Waals surface area (Å²) in [4.78, 5) is 16.0. The van der Waals surface area contributed by atoms with Gasteiger partial charge < -0.3 is 19.5 Å². The van der Waals surface area contributed by atoms with Gasteiger partial charge in [0.1, 0.15) is 13.2 Å². The summed E-state index contributed by atoms with van der Waals surface area (Å²) in [6, 6.07) is 3.41. The fourth-order valence-corrected chi connectivity index (χ4v) is 2.80. The molecule has 1 aliphatic rings. The molecule has 0 unspecified atom stereocenters. The third-order valence-corrected chi connectivity index (χ3v) is 3.80. The van der Waals surface area contributed by atoms with Gasteiger partial charge in [-0.3, -0.25) is 5.32 Å². The van der Waals surface area contributed by atoms with Crippen molar-refractivity contribution < 1.29 is 19.0 Å². The Morgan fingerprint density at radius 3 is 2.90 bits per heavy atom. The third kappa shape index (κ3) is 3.17. The maximum Gasteiger partial charge on any atom is 0.321 e. The van der Waals surface area contributed by atoms with Crippen molar-refractivity contribution in [3.05, 3.63) is 12.1 Å². The Morgan fingerprint density at radius 1 is 1.38 bits per heavy atom. The lowest BCUT2D eigenvalue weighted by atomic mass is 10.3. The van der Waals surface area contributed by atoms with Gasteiger partial charge in [-0.2, -0.15) is 0 Å². The van der Waals surface area contributed by atoms with Crippen LogP contribution in [-0.2, 0) is 4.74 Å². The van der Waals surface area contributed by atoms with Gasteiger partial charge in [-0.05, 0) is 0 Å². The van der Waals surface area contributed by atoms with E-state index in [4.69, 9.17) is 14.2 Å². The Morgan fingerprint density at radius 2 is 2.14 bits per heavy atom. The van der Waals surface area contributed by atoms with E-state index in [2.05, 4.69) is 15.6 Å². The van der Waals surface area contributed by atoms with Crippen molar-refractivity contribution >= 4 is 32.7 Å². The number of benzene rings is 1. The average molecular weight is 309 g/mol. The zero-order valence-corrected chi connectivity index (χ0v) is 12.3. The van der Waals surface area contributed by atoms with Gasteiger partial charge in [0.2, 0.25) is 0 Å². The number of thiazole rings is 1. The monoisotopic (exact) mass is 309 g/mol. The molecule has 21 heavy (non-hydrogen) atoms. The molecule has 1 aromatic heterocycles. The summed E-state index contributed by atoms with van der Waals surface area (Å²) in [6.45, 7) is 2.00. The van der Waals surface area contributed by atoms with Gasteiger partial charge in [0.25, 0.3) is 0 Å². The van der Waals surface area contributed by atoms with Crippen LogP contribution in [0.4, 0.5) is 9.93 Å². The Hall–Kier alpha value is -2.06. The first-order chi connectivity index (χ1) is 10.3. The van der Waals surface area contributed by atoms with Crippen LogP contribution in [0.1, 0.15) is 0 Å². The Kier molecular flexibility index (Phi) is 4.07. The number of anilines is 1. The van der Waals surface area contributed by atoms with Crippen molar-refractivity contribution in [3.8, 4) is 11.5 Å². The SMILES string of the molecule is COCCNC(=O)Nc1nc2cc3c(cc2s1)OCCO3. The standard InChI is InChI=1S/C13H15N3O4S/c1-18-3-2-14-12(17)16-13-15-8-6-9-10(7-11(8)21-13)20-5-4-19-9/h6-7H,2-5H2,1H3,(H2,14,15,16,17). The Labute approximate surface area is 125 Å². The molecule has 112 valence electrons. The van der Waals surface area contributed by atoms with Crippen LogP contribution in [0, 0.1) is 0 Å². The first-order valence-electron chi connectivity index (χ1n) is 6.50. The zero-order chi connectivity index (χ0) is 14.7. The summed E-state index contributed by atoms with van der Waals surface area (Å²) < 4.78 is 16.8. The molecule has 2 N–H and O–H groups in total. The van der Waals surface area contributed by atoms with Crippen molar-refractivity contribution in [1.29, 1.82) is 0 Å². The molecule has 2 aromatic rings. The predicted molar refractivity (Wildman–Crippen MR) is 79.5 cm³/mol. The molecule has 0 fully saturated rings. The highest BCUT2D eigenvalue weighted by Crippen LogP contribution is 2.37. The molecule has 1 aromatic carbocycles. The average Bonchev–Trinajstić information content (AvgIpc) is 2.85. The second-order valence-electron chi connectivity index (χ2n) is 4.36. The minimum absolute atomic E-state index is 0.302. The van der Waals surface area contributed by atoms with Crippen LogP contribution in [0.5, 0.6) is 11.5 Å². The molecule has 0 saturated heterocycles. The molecule has 0 atom stereocenters. The quantitative estimate of drug-likeness (QED) is 0.842. The van der Waals surface area contributed by atoms with Crippen LogP contribution in [0.25, 0.3) is 10.2 Å². The van der Waals surface area contributed by atoms with E-state index in [0.29, 0.717) is 43.0 Å². The number of methoxy groups -OCH3 is 1. The molecule has 2 heterocycles. The molecule has 0 radical (unpaired) electrons. The highest BCUT2D eigenvalue weighted by Gasteiger charge is 2.15. The first kappa shape index (κ1) is 13.9. The highest BCUT2D eigenvalue weighted by molar-refractivity contribution is 7.22. The molecule has 0 saturated carbocycles. The lowest BCUT2D eigenvalue weighted by Gasteiger charge is -2.17. The highest BCUT2D eigenvalue weighted by atomic mass is 32.1. The van der Waals surface area contributed by atoms with E-state index >= 15 is 0 Å². The van der Waals surface area contributed by atoms with E-state index in [1.807, 2.05) is 12.1 Å². The van der Waals surface area contributed by atoms with Gasteiger partial charge in [0, 0.05) is 25.8 Å². The number of fused-ring (bicyclic) bond motifs is 2. The van der Waals surface area contributed by atoms with Crippen LogP contribution in [0.15, 0.2) is 12.1 Å². The number of carbonyl (C=O) groups is 1. The second-order valence-corrected chi connectivity index (χ2v) is 5.39. The van der Waals surface area contributed by atoms with Crippen molar-refractivity contribution in [2.75, 3.05) is 38.8 Å². The van der Waals surface area contributed by atoms with Crippen LogP contribution in [0.3, 0.4) is 0 Å². The van der Waals surface area contributed by atoms with E-state index in [-0.39, 0.29) is 6.03 Å². The number of urea groups is 1. The molecule has 0 aliphatic carbocycles. The molecule has 0 bridgehead atoms. The number of nitrogens with one attached hydrogen (secondary N) is 2. The number of ether oxygens (including phenoxy) is 3. The first-order valence-corrected chi connectivity index (χ1v) is 7.32. The predicted octanol–water partition coefficient (Wildman–Crippen LogP) is 1.84. The second kappa shape index (κ2) is 6.15. The molecule has 8 heteroatoms. The minimum Gasteiger partial charge on any atom is -0.486 e. The summed E-state index contributed by atoms with van der Waals surface area (Å²) in [5, 5.41) is 5.90. The maximum atomic E-state index is 11.7. The van der Waals surface area contributed by atoms with Crippen LogP contribution in [0.2, 0.25) is 0 Å². The van der Waals surface area contributed by atoms with Crippen molar-refractivity contribution in [3.63, 3.8) is 0 Å². The number of carbonyl (C=O) groups excluding carboxylic acids is 1. The smallest absolute Gasteiger partial charge is 0.321 e. The number of hydrogen-bond donors (Lipinski definition) is 2. The zero-order valence-electron chi connectivity index (χ0n) is 11.5. The topological polar surface area (TPSA) is 81.7 Å². The lowest BCUT2D eigenvalue weighted by Crippen LogP contribution is -2.31. The van der Waals surface area contributed by atoms with Crippen molar-refractivity contribution in [2.24, 2.45) is 0 Å². The van der Waals surface area contributed by atoms with Gasteiger partial charge in [-0.1, -0.05) is 11.3 Å². The van der Waals surface area contributed by atoms with Gasteiger partial charge in [0.15, 0.2) is 16.6 Å². The van der Waals surface area contributed by atoms with E-state index < -0.39 is 0 Å². The van der Waals surface area contributed by atoms with Gasteiger partial charge in [-0.25, -0.2) is 9.78 Å². The Balaban J connectivity index is 1.73. The van der Waals surface area contributed by atoms with Gasteiger partial charge >= 0.3 is 6.03 Å². The third-order valence-electron chi connectivity index (χ3n) is 2.86. The summed E-state index contributed by atoms with van der Waals surface area (Å²) in [5.74, 6) is 1.41. The number of nitrogens with zero attached hydrogens (tertiary/aromatic N) is 1. The fourth-order valence-electron chi connectivity index (χ4n) is 1.93. The van der Waals surface area contributed by atoms with Crippen LogP contribution < -0.4 is 20.1 Å². The molecule has 0 spiro atoms. The molecule has 7 nitrogen and oxygen atoms in total. The summed E-state index contributed by atoms with van der Waals surface area (Å²) in [7, 11) is 1.58. The van der Waals surface area contributed by atoms with Crippen molar-refractivity contribution in [2.45, 2.75) is 0 Å². The normalized spacial score (nSPS) is 13.2. The molecule has 2 amide bonds. The largest absolute Gasteiger partial charge is 0.486 e. The molecular weight excluding hydrogens is 294 g/mol. The number of amides is 2. The summed E-state index contributed by atoms with van der Waals surface area (Å²) in [6.07, 6.45) is 0. The minimum atomic E-state index is -0.302.